The number of rotatable bonds is 6. The molecular formula is C21H14N2O5. The monoisotopic (exact) mass is 374 g/mol. The first-order valence-electron chi connectivity index (χ1n) is 8.44. The molecular weight excluding hydrogens is 360 g/mol. The minimum Gasteiger partial charge on any atom is -0.459 e. The number of ketones is 1. The topological polar surface area (TPSA) is 95.4 Å². The molecule has 0 saturated carbocycles. The number of hydrogen-bond donors (Lipinski definition) is 0. The molecule has 4 aromatic rings. The van der Waals surface area contributed by atoms with Gasteiger partial charge in [-0.05, 0) is 24.3 Å². The van der Waals surface area contributed by atoms with Crippen molar-refractivity contribution in [3.63, 3.8) is 0 Å². The number of furan rings is 1. The zero-order chi connectivity index (χ0) is 19.3. The number of esters is 1. The lowest BCUT2D eigenvalue weighted by Gasteiger charge is -2.04. The highest BCUT2D eigenvalue weighted by molar-refractivity contribution is 6.09. The van der Waals surface area contributed by atoms with E-state index < -0.39 is 5.97 Å². The summed E-state index contributed by atoms with van der Waals surface area (Å²) in [6, 6.07) is 18.6. The largest absolute Gasteiger partial charge is 0.459 e. The van der Waals surface area contributed by atoms with Gasteiger partial charge in [0.25, 0.3) is 11.8 Å². The van der Waals surface area contributed by atoms with Crippen LogP contribution < -0.4 is 0 Å². The normalized spacial score (nSPS) is 10.6. The first-order valence-corrected chi connectivity index (χ1v) is 8.44. The standard InChI is InChI=1S/C21H14N2O5/c24-19(14-5-2-1-3-6-14)15-8-10-16(11-9-15)21(25)27-13-18-22-23-20(28-18)17-7-4-12-26-17/h1-12H,13H2. The van der Waals surface area contributed by atoms with Crippen LogP contribution >= 0.6 is 0 Å². The summed E-state index contributed by atoms with van der Waals surface area (Å²) in [7, 11) is 0. The van der Waals surface area contributed by atoms with E-state index in [2.05, 4.69) is 10.2 Å². The molecule has 2 aromatic carbocycles. The molecule has 0 aliphatic heterocycles. The molecule has 2 aromatic heterocycles. The molecule has 0 unspecified atom stereocenters. The highest BCUT2D eigenvalue weighted by Gasteiger charge is 2.15. The van der Waals surface area contributed by atoms with E-state index in [4.69, 9.17) is 13.6 Å². The SMILES string of the molecule is O=C(OCc1nnc(-c2ccco2)o1)c1ccc(C(=O)c2ccccc2)cc1. The molecule has 4 rings (SSSR count). The fourth-order valence-electron chi connectivity index (χ4n) is 2.54. The zero-order valence-corrected chi connectivity index (χ0v) is 14.6. The number of carbonyl (C=O) groups is 2. The van der Waals surface area contributed by atoms with E-state index in [0.29, 0.717) is 22.5 Å². The van der Waals surface area contributed by atoms with Crippen LogP contribution in [0.5, 0.6) is 0 Å². The number of nitrogens with zero attached hydrogens (tertiary/aromatic N) is 2. The van der Waals surface area contributed by atoms with Gasteiger partial charge in [0.1, 0.15) is 0 Å². The van der Waals surface area contributed by atoms with E-state index in [1.54, 1.807) is 60.7 Å². The van der Waals surface area contributed by atoms with Crippen molar-refractivity contribution in [3.05, 3.63) is 95.6 Å². The molecule has 0 N–H and O–H groups in total. The Morgan fingerprint density at radius 3 is 2.25 bits per heavy atom. The molecule has 0 aliphatic carbocycles. The second-order valence-electron chi connectivity index (χ2n) is 5.83. The average molecular weight is 374 g/mol. The fraction of sp³-hybridized carbons (Fsp3) is 0.0476. The van der Waals surface area contributed by atoms with Gasteiger partial charge in [-0.2, -0.15) is 0 Å². The number of hydrogen-bond acceptors (Lipinski definition) is 7. The summed E-state index contributed by atoms with van der Waals surface area (Å²) in [6.45, 7) is -0.169. The van der Waals surface area contributed by atoms with Crippen LogP contribution in [-0.2, 0) is 11.3 Å². The minimum absolute atomic E-state index is 0.114. The molecule has 0 aliphatic rings. The molecule has 0 fully saturated rings. The minimum atomic E-state index is -0.559. The average Bonchev–Trinajstić information content (AvgIpc) is 3.44. The van der Waals surface area contributed by atoms with E-state index in [1.807, 2.05) is 6.07 Å². The molecule has 28 heavy (non-hydrogen) atoms. The Labute approximate surface area is 159 Å². The van der Waals surface area contributed by atoms with Gasteiger partial charge in [-0.15, -0.1) is 10.2 Å². The molecule has 138 valence electrons. The maximum absolute atomic E-state index is 12.4. The summed E-state index contributed by atoms with van der Waals surface area (Å²) in [4.78, 5) is 24.6. The van der Waals surface area contributed by atoms with Crippen molar-refractivity contribution >= 4 is 11.8 Å². The molecule has 0 amide bonds. The van der Waals surface area contributed by atoms with Gasteiger partial charge in [-0.25, -0.2) is 4.79 Å². The number of ether oxygens (including phenoxy) is 1. The number of benzene rings is 2. The summed E-state index contributed by atoms with van der Waals surface area (Å²) in [5, 5.41) is 7.64. The Bertz CT molecular complexity index is 1080. The van der Waals surface area contributed by atoms with Gasteiger partial charge in [-0.1, -0.05) is 42.5 Å². The predicted molar refractivity (Wildman–Crippen MR) is 97.4 cm³/mol. The van der Waals surface area contributed by atoms with Crippen LogP contribution in [0.1, 0.15) is 32.2 Å². The highest BCUT2D eigenvalue weighted by Crippen LogP contribution is 2.18. The first kappa shape index (κ1) is 17.4. The summed E-state index contributed by atoms with van der Waals surface area (Å²) in [5.74, 6) is 0.118. The molecule has 0 spiro atoms. The fourth-order valence-corrected chi connectivity index (χ4v) is 2.54. The van der Waals surface area contributed by atoms with Gasteiger partial charge in [0, 0.05) is 11.1 Å². The summed E-state index contributed by atoms with van der Waals surface area (Å²) in [6.07, 6.45) is 1.49. The van der Waals surface area contributed by atoms with Gasteiger partial charge in [0.05, 0.1) is 11.8 Å². The maximum Gasteiger partial charge on any atom is 0.338 e. The van der Waals surface area contributed by atoms with Crippen molar-refractivity contribution in [2.75, 3.05) is 0 Å². The molecule has 0 atom stereocenters. The van der Waals surface area contributed by atoms with Crippen LogP contribution in [0.15, 0.2) is 81.8 Å². The van der Waals surface area contributed by atoms with Crippen LogP contribution in [0.4, 0.5) is 0 Å². The van der Waals surface area contributed by atoms with Crippen molar-refractivity contribution in [3.8, 4) is 11.7 Å². The second kappa shape index (κ2) is 7.71. The number of carbonyl (C=O) groups excluding carboxylic acids is 2. The van der Waals surface area contributed by atoms with E-state index in [-0.39, 0.29) is 24.2 Å². The van der Waals surface area contributed by atoms with Crippen molar-refractivity contribution in [2.24, 2.45) is 0 Å². The Balaban J connectivity index is 1.38. The first-order chi connectivity index (χ1) is 13.7. The van der Waals surface area contributed by atoms with Crippen LogP contribution in [0.2, 0.25) is 0 Å². The lowest BCUT2D eigenvalue weighted by Crippen LogP contribution is -2.07. The second-order valence-corrected chi connectivity index (χ2v) is 5.83. The van der Waals surface area contributed by atoms with Crippen molar-refractivity contribution in [2.45, 2.75) is 6.61 Å². The van der Waals surface area contributed by atoms with Crippen molar-refractivity contribution < 1.29 is 23.2 Å². The molecule has 7 heteroatoms. The van der Waals surface area contributed by atoms with Gasteiger partial charge < -0.3 is 13.6 Å². The third-order valence-corrected chi connectivity index (χ3v) is 3.94. The van der Waals surface area contributed by atoms with E-state index in [1.165, 1.54) is 6.26 Å². The Kier molecular flexibility index (Phi) is 4.79. The van der Waals surface area contributed by atoms with Gasteiger partial charge >= 0.3 is 5.97 Å². The third kappa shape index (κ3) is 3.73. The Hall–Kier alpha value is -4.00. The maximum atomic E-state index is 12.4. The summed E-state index contributed by atoms with van der Waals surface area (Å²) >= 11 is 0. The molecule has 0 radical (unpaired) electrons. The quantitative estimate of drug-likeness (QED) is 0.373. The zero-order valence-electron chi connectivity index (χ0n) is 14.6. The molecule has 2 heterocycles. The van der Waals surface area contributed by atoms with Gasteiger partial charge in [-0.3, -0.25) is 4.79 Å². The van der Waals surface area contributed by atoms with Crippen LogP contribution in [-0.4, -0.2) is 21.9 Å². The van der Waals surface area contributed by atoms with E-state index in [9.17, 15) is 9.59 Å². The summed E-state index contributed by atoms with van der Waals surface area (Å²) < 4.78 is 15.7. The smallest absolute Gasteiger partial charge is 0.338 e. The van der Waals surface area contributed by atoms with Crippen LogP contribution in [0.25, 0.3) is 11.7 Å². The predicted octanol–water partition coefficient (Wildman–Crippen LogP) is 3.92. The van der Waals surface area contributed by atoms with Crippen molar-refractivity contribution in [1.29, 1.82) is 0 Å². The van der Waals surface area contributed by atoms with Gasteiger partial charge in [0.15, 0.2) is 18.2 Å². The third-order valence-electron chi connectivity index (χ3n) is 3.94. The molecule has 7 nitrogen and oxygen atoms in total. The summed E-state index contributed by atoms with van der Waals surface area (Å²) in [5.41, 5.74) is 1.39. The Morgan fingerprint density at radius 2 is 1.54 bits per heavy atom. The van der Waals surface area contributed by atoms with E-state index >= 15 is 0 Å². The van der Waals surface area contributed by atoms with Crippen molar-refractivity contribution in [1.82, 2.24) is 10.2 Å². The number of aromatic nitrogens is 2. The lowest BCUT2D eigenvalue weighted by atomic mass is 10.0. The van der Waals surface area contributed by atoms with E-state index in [0.717, 1.165) is 0 Å². The lowest BCUT2D eigenvalue weighted by molar-refractivity contribution is 0.0438. The Morgan fingerprint density at radius 1 is 0.821 bits per heavy atom. The van der Waals surface area contributed by atoms with Crippen LogP contribution in [0, 0.1) is 0 Å². The van der Waals surface area contributed by atoms with Crippen LogP contribution in [0.3, 0.4) is 0 Å². The molecule has 0 saturated heterocycles. The van der Waals surface area contributed by atoms with Gasteiger partial charge in [0.2, 0.25) is 0 Å². The molecule has 0 bridgehead atoms. The highest BCUT2D eigenvalue weighted by atomic mass is 16.5.